The zero-order valence-electron chi connectivity index (χ0n) is 21.5. The Morgan fingerprint density at radius 2 is 1.71 bits per heavy atom. The molecule has 9 nitrogen and oxygen atoms in total. The van der Waals surface area contributed by atoms with E-state index in [1.165, 1.54) is 0 Å². The third-order valence-electron chi connectivity index (χ3n) is 5.68. The number of benzene rings is 1. The van der Waals surface area contributed by atoms with Gasteiger partial charge in [-0.25, -0.2) is 15.0 Å². The topological polar surface area (TPSA) is 123 Å². The van der Waals surface area contributed by atoms with Crippen LogP contribution in [-0.2, 0) is 14.3 Å². The maximum atomic E-state index is 12.2. The van der Waals surface area contributed by atoms with Gasteiger partial charge in [0.1, 0.15) is 5.82 Å². The van der Waals surface area contributed by atoms with Crippen molar-refractivity contribution in [3.05, 3.63) is 71.6 Å². The summed E-state index contributed by atoms with van der Waals surface area (Å²) >= 11 is 0. The highest BCUT2D eigenvalue weighted by molar-refractivity contribution is 5.96. The van der Waals surface area contributed by atoms with Crippen molar-refractivity contribution in [3.8, 4) is 23.1 Å². The lowest BCUT2D eigenvalue weighted by atomic mass is 10.1. The van der Waals surface area contributed by atoms with E-state index in [1.807, 2.05) is 38.1 Å². The van der Waals surface area contributed by atoms with Gasteiger partial charge in [-0.3, -0.25) is 9.59 Å². The molecule has 1 fully saturated rings. The minimum atomic E-state index is -0.203. The molecule has 3 heterocycles. The van der Waals surface area contributed by atoms with Crippen LogP contribution in [0.3, 0.4) is 0 Å². The van der Waals surface area contributed by atoms with Crippen molar-refractivity contribution in [1.82, 2.24) is 15.0 Å². The van der Waals surface area contributed by atoms with Crippen LogP contribution >= 0.6 is 0 Å². The number of nitrogen functional groups attached to an aromatic ring is 1. The second kappa shape index (κ2) is 12.6. The summed E-state index contributed by atoms with van der Waals surface area (Å²) in [5, 5.41) is 2.82. The van der Waals surface area contributed by atoms with Gasteiger partial charge in [0.25, 0.3) is 0 Å². The summed E-state index contributed by atoms with van der Waals surface area (Å²) in [7, 11) is 0. The van der Waals surface area contributed by atoms with Gasteiger partial charge in [-0.05, 0) is 56.3 Å². The molecule has 0 spiro atoms. The summed E-state index contributed by atoms with van der Waals surface area (Å²) in [5.41, 5.74) is 10.3. The molecule has 9 heteroatoms. The van der Waals surface area contributed by atoms with Gasteiger partial charge >= 0.3 is 0 Å². The van der Waals surface area contributed by atoms with Crippen molar-refractivity contribution in [2.75, 3.05) is 42.3 Å². The number of nitrogens with zero attached hydrogens (tertiary/aromatic N) is 4. The van der Waals surface area contributed by atoms with Gasteiger partial charge in [0.2, 0.25) is 11.9 Å². The van der Waals surface area contributed by atoms with E-state index in [1.54, 1.807) is 30.6 Å². The Balaban J connectivity index is 1.48. The number of ether oxygens (including phenoxy) is 1. The molecule has 4 rings (SSSR count). The van der Waals surface area contributed by atoms with E-state index < -0.39 is 0 Å². The van der Waals surface area contributed by atoms with Gasteiger partial charge in [0, 0.05) is 60.7 Å². The summed E-state index contributed by atoms with van der Waals surface area (Å²) in [6.07, 6.45) is 5.17. The molecule has 2 aromatic heterocycles. The van der Waals surface area contributed by atoms with E-state index in [-0.39, 0.29) is 30.5 Å². The van der Waals surface area contributed by atoms with Crippen LogP contribution in [0.5, 0.6) is 0 Å². The Morgan fingerprint density at radius 3 is 2.39 bits per heavy atom. The van der Waals surface area contributed by atoms with Crippen LogP contribution in [0, 0.1) is 11.8 Å². The molecule has 3 N–H and O–H groups in total. The first kappa shape index (κ1) is 26.5. The van der Waals surface area contributed by atoms with Gasteiger partial charge in [0.05, 0.1) is 18.9 Å². The third-order valence-corrected chi connectivity index (χ3v) is 5.68. The minimum absolute atomic E-state index is 0.0502. The highest BCUT2D eigenvalue weighted by atomic mass is 16.5. The number of carbonyl (C=O) groups excluding carboxylic acids is 2. The standard InChI is InChI=1S/C29H30N6O3/c1-20(2)15-25(36)9-10-28(37)33-24-7-5-21(6-8-24)3-4-22-16-26(23-18-31-29(30)32-19-23)34-27(17-22)35-11-13-38-14-12-35/h5-8,15-19H,9-14H2,1-2H3,(H,33,37)(H2,30,31,32). The summed E-state index contributed by atoms with van der Waals surface area (Å²) < 4.78 is 5.48. The number of ketones is 1. The van der Waals surface area contributed by atoms with Crippen LogP contribution in [0.25, 0.3) is 11.3 Å². The van der Waals surface area contributed by atoms with Crippen LogP contribution in [0.4, 0.5) is 17.5 Å². The number of hydrogen-bond acceptors (Lipinski definition) is 8. The number of morpholine rings is 1. The first-order valence-electron chi connectivity index (χ1n) is 12.4. The largest absolute Gasteiger partial charge is 0.378 e. The highest BCUT2D eigenvalue weighted by Crippen LogP contribution is 2.23. The van der Waals surface area contributed by atoms with Crippen molar-refractivity contribution in [1.29, 1.82) is 0 Å². The molecule has 0 aliphatic carbocycles. The maximum absolute atomic E-state index is 12.2. The number of aromatic nitrogens is 3. The second-order valence-electron chi connectivity index (χ2n) is 9.09. The fourth-order valence-electron chi connectivity index (χ4n) is 3.80. The van der Waals surface area contributed by atoms with Gasteiger partial charge < -0.3 is 20.7 Å². The van der Waals surface area contributed by atoms with Crippen molar-refractivity contribution in [2.24, 2.45) is 0 Å². The quantitative estimate of drug-likeness (QED) is 0.365. The van der Waals surface area contributed by atoms with Crippen LogP contribution in [0.1, 0.15) is 37.8 Å². The minimum Gasteiger partial charge on any atom is -0.378 e. The van der Waals surface area contributed by atoms with E-state index >= 15 is 0 Å². The number of rotatable bonds is 7. The summed E-state index contributed by atoms with van der Waals surface area (Å²) in [5.74, 6) is 7.17. The number of hydrogen-bond donors (Lipinski definition) is 2. The Kier molecular flexibility index (Phi) is 8.80. The molecular formula is C29H30N6O3. The second-order valence-corrected chi connectivity index (χ2v) is 9.09. The molecule has 1 saturated heterocycles. The van der Waals surface area contributed by atoms with Gasteiger partial charge in [0.15, 0.2) is 5.78 Å². The number of amides is 1. The van der Waals surface area contributed by atoms with E-state index in [4.69, 9.17) is 15.5 Å². The average Bonchev–Trinajstić information content (AvgIpc) is 2.92. The Morgan fingerprint density at radius 1 is 1.03 bits per heavy atom. The van der Waals surface area contributed by atoms with Gasteiger partial charge in [-0.1, -0.05) is 17.4 Å². The molecular weight excluding hydrogens is 480 g/mol. The monoisotopic (exact) mass is 510 g/mol. The van der Waals surface area contributed by atoms with E-state index in [9.17, 15) is 9.59 Å². The van der Waals surface area contributed by atoms with Crippen molar-refractivity contribution in [2.45, 2.75) is 26.7 Å². The average molecular weight is 511 g/mol. The Bertz CT molecular complexity index is 1380. The fourth-order valence-corrected chi connectivity index (χ4v) is 3.80. The smallest absolute Gasteiger partial charge is 0.224 e. The molecule has 0 saturated carbocycles. The predicted octanol–water partition coefficient (Wildman–Crippen LogP) is 3.61. The van der Waals surface area contributed by atoms with Crippen molar-refractivity contribution in [3.63, 3.8) is 0 Å². The van der Waals surface area contributed by atoms with Gasteiger partial charge in [-0.15, -0.1) is 0 Å². The fraction of sp³-hybridized carbons (Fsp3) is 0.276. The lowest BCUT2D eigenvalue weighted by Crippen LogP contribution is -2.36. The Labute approximate surface area is 222 Å². The third kappa shape index (κ3) is 7.72. The lowest BCUT2D eigenvalue weighted by molar-refractivity contribution is -0.120. The molecule has 1 aliphatic rings. The summed E-state index contributed by atoms with van der Waals surface area (Å²) in [6.45, 7) is 6.50. The predicted molar refractivity (Wildman–Crippen MR) is 147 cm³/mol. The zero-order valence-corrected chi connectivity index (χ0v) is 21.5. The van der Waals surface area contributed by atoms with Crippen molar-refractivity contribution >= 4 is 29.1 Å². The number of anilines is 3. The van der Waals surface area contributed by atoms with Crippen LogP contribution in [0.2, 0.25) is 0 Å². The molecule has 38 heavy (non-hydrogen) atoms. The number of carbonyl (C=O) groups is 2. The van der Waals surface area contributed by atoms with Crippen LogP contribution < -0.4 is 16.0 Å². The molecule has 1 aromatic carbocycles. The lowest BCUT2D eigenvalue weighted by Gasteiger charge is -2.28. The number of nitrogens with one attached hydrogen (secondary N) is 1. The molecule has 0 atom stereocenters. The summed E-state index contributed by atoms with van der Waals surface area (Å²) in [6, 6.07) is 11.1. The van der Waals surface area contributed by atoms with Crippen molar-refractivity contribution < 1.29 is 14.3 Å². The number of pyridine rings is 1. The number of allylic oxidation sites excluding steroid dienone is 2. The molecule has 0 unspecified atom stereocenters. The SMILES string of the molecule is CC(C)=CC(=O)CCC(=O)Nc1ccc(C#Cc2cc(-c3cnc(N)nc3)nc(N3CCOCC3)c2)cc1. The number of nitrogens with two attached hydrogens (primary N) is 1. The highest BCUT2D eigenvalue weighted by Gasteiger charge is 2.15. The summed E-state index contributed by atoms with van der Waals surface area (Å²) in [4.78, 5) is 39.1. The normalized spacial score (nSPS) is 12.7. The molecule has 1 amide bonds. The molecule has 0 radical (unpaired) electrons. The molecule has 3 aromatic rings. The van der Waals surface area contributed by atoms with E-state index in [0.29, 0.717) is 24.6 Å². The molecule has 0 bridgehead atoms. The zero-order chi connectivity index (χ0) is 26.9. The van der Waals surface area contributed by atoms with E-state index in [0.717, 1.165) is 41.2 Å². The van der Waals surface area contributed by atoms with Crippen LogP contribution in [0.15, 0.2) is 60.4 Å². The first-order valence-corrected chi connectivity index (χ1v) is 12.4. The van der Waals surface area contributed by atoms with E-state index in [2.05, 4.69) is 32.0 Å². The molecule has 1 aliphatic heterocycles. The first-order chi connectivity index (χ1) is 18.4. The maximum Gasteiger partial charge on any atom is 0.224 e. The van der Waals surface area contributed by atoms with Crippen LogP contribution in [-0.4, -0.2) is 52.9 Å². The molecule has 194 valence electrons. The Hall–Kier alpha value is -4.55. The van der Waals surface area contributed by atoms with Gasteiger partial charge in [-0.2, -0.15) is 0 Å².